The number of carbonyl (C=O) groups excluding carboxylic acids is 1. The maximum absolute atomic E-state index is 12.4. The van der Waals surface area contributed by atoms with E-state index in [4.69, 9.17) is 4.74 Å². The average Bonchev–Trinajstić information content (AvgIpc) is 2.52. The van der Waals surface area contributed by atoms with Gasteiger partial charge in [-0.3, -0.25) is 14.9 Å². The normalized spacial score (nSPS) is 13.3. The zero-order chi connectivity index (χ0) is 16.7. The van der Waals surface area contributed by atoms with Crippen molar-refractivity contribution >= 4 is 11.6 Å². The van der Waals surface area contributed by atoms with E-state index >= 15 is 0 Å². The van der Waals surface area contributed by atoms with E-state index in [-0.39, 0.29) is 30.3 Å². The first kappa shape index (κ1) is 17.9. The van der Waals surface area contributed by atoms with E-state index < -0.39 is 4.92 Å². The van der Waals surface area contributed by atoms with Crippen LogP contribution in [0, 0.1) is 10.1 Å². The molecule has 2 atom stereocenters. The zero-order valence-electron chi connectivity index (χ0n) is 13.6. The molecule has 1 amide bonds. The van der Waals surface area contributed by atoms with Gasteiger partial charge in [0, 0.05) is 24.2 Å². The van der Waals surface area contributed by atoms with Crippen molar-refractivity contribution < 1.29 is 14.5 Å². The molecule has 6 nitrogen and oxygen atoms in total. The van der Waals surface area contributed by atoms with Crippen molar-refractivity contribution in [2.45, 2.75) is 52.6 Å². The van der Waals surface area contributed by atoms with Gasteiger partial charge in [0.1, 0.15) is 5.75 Å². The third kappa shape index (κ3) is 4.72. The molecule has 0 N–H and O–H groups in total. The van der Waals surface area contributed by atoms with Crippen molar-refractivity contribution in [2.75, 3.05) is 6.61 Å². The Labute approximate surface area is 131 Å². The maximum Gasteiger partial charge on any atom is 0.269 e. The fraction of sp³-hybridized carbons (Fsp3) is 0.562. The molecule has 0 radical (unpaired) electrons. The van der Waals surface area contributed by atoms with Gasteiger partial charge in [-0.05, 0) is 38.8 Å². The lowest BCUT2D eigenvalue weighted by Gasteiger charge is -2.33. The van der Waals surface area contributed by atoms with Crippen LogP contribution in [0.4, 0.5) is 5.69 Å². The Morgan fingerprint density at radius 1 is 1.18 bits per heavy atom. The predicted octanol–water partition coefficient (Wildman–Crippen LogP) is 3.40. The zero-order valence-corrected chi connectivity index (χ0v) is 13.6. The first-order valence-corrected chi connectivity index (χ1v) is 7.59. The number of carbonyl (C=O) groups is 1. The van der Waals surface area contributed by atoms with Gasteiger partial charge in [0.2, 0.25) is 0 Å². The molecule has 0 aliphatic heterocycles. The number of ether oxygens (including phenoxy) is 1. The molecule has 2 unspecified atom stereocenters. The van der Waals surface area contributed by atoms with Gasteiger partial charge in [-0.2, -0.15) is 0 Å². The molecule has 0 fully saturated rings. The summed E-state index contributed by atoms with van der Waals surface area (Å²) in [5.74, 6) is 0.384. The highest BCUT2D eigenvalue weighted by Gasteiger charge is 2.23. The highest BCUT2D eigenvalue weighted by molar-refractivity contribution is 5.78. The van der Waals surface area contributed by atoms with Crippen LogP contribution in [0.5, 0.6) is 5.75 Å². The first-order valence-electron chi connectivity index (χ1n) is 7.59. The molecule has 0 spiro atoms. The summed E-state index contributed by atoms with van der Waals surface area (Å²) in [5.41, 5.74) is -0.000450. The molecule has 0 saturated heterocycles. The Balaban J connectivity index is 2.68. The Bertz CT molecular complexity index is 491. The molecule has 0 bridgehead atoms. The molecule has 0 aliphatic carbocycles. The van der Waals surface area contributed by atoms with Gasteiger partial charge in [-0.1, -0.05) is 13.8 Å². The van der Waals surface area contributed by atoms with Crippen LogP contribution in [0.25, 0.3) is 0 Å². The van der Waals surface area contributed by atoms with Crippen LogP contribution in [-0.4, -0.2) is 34.4 Å². The summed E-state index contributed by atoms with van der Waals surface area (Å²) in [6, 6.07) is 6.04. The van der Waals surface area contributed by atoms with Crippen LogP contribution in [0.1, 0.15) is 40.5 Å². The smallest absolute Gasteiger partial charge is 0.269 e. The minimum Gasteiger partial charge on any atom is -0.484 e. The van der Waals surface area contributed by atoms with E-state index in [1.54, 1.807) is 0 Å². The molecule has 0 saturated carbocycles. The topological polar surface area (TPSA) is 72.7 Å². The number of non-ortho nitro benzene ring substituents is 1. The average molecular weight is 308 g/mol. The van der Waals surface area contributed by atoms with Gasteiger partial charge < -0.3 is 9.64 Å². The number of amides is 1. The molecule has 1 aromatic carbocycles. The summed E-state index contributed by atoms with van der Waals surface area (Å²) in [7, 11) is 0. The number of nitro groups is 1. The van der Waals surface area contributed by atoms with Crippen LogP contribution < -0.4 is 4.74 Å². The lowest BCUT2D eigenvalue weighted by atomic mass is 10.1. The van der Waals surface area contributed by atoms with Crippen LogP contribution in [0.15, 0.2) is 24.3 Å². The van der Waals surface area contributed by atoms with E-state index in [0.29, 0.717) is 5.75 Å². The van der Waals surface area contributed by atoms with E-state index in [9.17, 15) is 14.9 Å². The molecular weight excluding hydrogens is 284 g/mol. The predicted molar refractivity (Wildman–Crippen MR) is 84.9 cm³/mol. The van der Waals surface area contributed by atoms with Crippen molar-refractivity contribution in [3.8, 4) is 5.75 Å². The largest absolute Gasteiger partial charge is 0.484 e. The summed E-state index contributed by atoms with van der Waals surface area (Å²) in [5, 5.41) is 10.6. The van der Waals surface area contributed by atoms with Crippen molar-refractivity contribution in [1.29, 1.82) is 0 Å². The molecular formula is C16H24N2O4. The first-order chi connectivity index (χ1) is 10.4. The fourth-order valence-corrected chi connectivity index (χ4v) is 2.20. The standard InChI is InChI=1S/C16H24N2O4/c1-5-12(3)17(13(4)6-2)16(19)11-22-15-9-7-14(8-10-15)18(20)21/h7-10,12-13H,5-6,11H2,1-4H3. The summed E-state index contributed by atoms with van der Waals surface area (Å²) in [6.45, 7) is 8.08. The van der Waals surface area contributed by atoms with E-state index in [0.717, 1.165) is 12.8 Å². The quantitative estimate of drug-likeness (QED) is 0.545. The Morgan fingerprint density at radius 2 is 1.68 bits per heavy atom. The molecule has 1 aromatic rings. The van der Waals surface area contributed by atoms with Gasteiger partial charge in [-0.15, -0.1) is 0 Å². The minimum absolute atomic E-state index is 0.000450. The number of nitro benzene ring substituents is 1. The summed E-state index contributed by atoms with van der Waals surface area (Å²) >= 11 is 0. The lowest BCUT2D eigenvalue weighted by molar-refractivity contribution is -0.384. The molecule has 0 aromatic heterocycles. The van der Waals surface area contributed by atoms with Crippen LogP contribution in [0.2, 0.25) is 0 Å². The lowest BCUT2D eigenvalue weighted by Crippen LogP contribution is -2.46. The summed E-state index contributed by atoms with van der Waals surface area (Å²) < 4.78 is 5.46. The molecule has 6 heteroatoms. The Morgan fingerprint density at radius 3 is 2.09 bits per heavy atom. The van der Waals surface area contributed by atoms with Gasteiger partial charge in [0.25, 0.3) is 11.6 Å². The van der Waals surface area contributed by atoms with Crippen molar-refractivity contribution in [1.82, 2.24) is 4.90 Å². The molecule has 0 heterocycles. The van der Waals surface area contributed by atoms with Crippen LogP contribution in [-0.2, 0) is 4.79 Å². The van der Waals surface area contributed by atoms with Gasteiger partial charge in [-0.25, -0.2) is 0 Å². The van der Waals surface area contributed by atoms with Crippen LogP contribution >= 0.6 is 0 Å². The maximum atomic E-state index is 12.4. The summed E-state index contributed by atoms with van der Waals surface area (Å²) in [6.07, 6.45) is 1.77. The number of benzene rings is 1. The number of rotatable bonds is 8. The van der Waals surface area contributed by atoms with Crippen LogP contribution in [0.3, 0.4) is 0 Å². The SMILES string of the molecule is CCC(C)N(C(=O)COc1ccc([N+](=O)[O-])cc1)C(C)CC. The molecule has 0 aliphatic rings. The van der Waals surface area contributed by atoms with Crippen molar-refractivity contribution in [3.05, 3.63) is 34.4 Å². The number of nitrogens with zero attached hydrogens (tertiary/aromatic N) is 2. The Hall–Kier alpha value is -2.11. The van der Waals surface area contributed by atoms with E-state index in [2.05, 4.69) is 0 Å². The monoisotopic (exact) mass is 308 g/mol. The number of hydrogen-bond acceptors (Lipinski definition) is 4. The minimum atomic E-state index is -0.470. The van der Waals surface area contributed by atoms with Crippen molar-refractivity contribution in [2.24, 2.45) is 0 Å². The van der Waals surface area contributed by atoms with Gasteiger partial charge in [0.05, 0.1) is 4.92 Å². The third-order valence-electron chi connectivity index (χ3n) is 3.83. The Kier molecular flexibility index (Phi) is 6.82. The second-order valence-electron chi connectivity index (χ2n) is 5.36. The molecule has 1 rings (SSSR count). The van der Waals surface area contributed by atoms with E-state index in [1.165, 1.54) is 24.3 Å². The van der Waals surface area contributed by atoms with E-state index in [1.807, 2.05) is 32.6 Å². The molecule has 22 heavy (non-hydrogen) atoms. The fourth-order valence-electron chi connectivity index (χ4n) is 2.20. The van der Waals surface area contributed by atoms with Crippen molar-refractivity contribution in [3.63, 3.8) is 0 Å². The third-order valence-corrected chi connectivity index (χ3v) is 3.83. The second-order valence-corrected chi connectivity index (χ2v) is 5.36. The van der Waals surface area contributed by atoms with Gasteiger partial charge in [0.15, 0.2) is 6.61 Å². The molecule has 122 valence electrons. The highest BCUT2D eigenvalue weighted by Crippen LogP contribution is 2.18. The van der Waals surface area contributed by atoms with Gasteiger partial charge >= 0.3 is 0 Å². The summed E-state index contributed by atoms with van der Waals surface area (Å²) in [4.78, 5) is 24.4. The highest BCUT2D eigenvalue weighted by atomic mass is 16.6. The second kappa shape index (κ2) is 8.36. The number of hydrogen-bond donors (Lipinski definition) is 0.